The minimum Gasteiger partial charge on any atom is -0.302 e. The summed E-state index contributed by atoms with van der Waals surface area (Å²) >= 11 is -5.17. The molecule has 3 rings (SSSR count). The summed E-state index contributed by atoms with van der Waals surface area (Å²) in [7, 11) is 0. The van der Waals surface area contributed by atoms with Crippen molar-refractivity contribution in [2.45, 2.75) is 16.7 Å². The number of hydrogen-bond acceptors (Lipinski definition) is 3. The Kier molecular flexibility index (Phi) is 4.66. The van der Waals surface area contributed by atoms with Gasteiger partial charge in [0.1, 0.15) is 0 Å². The number of fused-ring (bicyclic) bond motifs is 2. The molecule has 5 nitrogen and oxygen atoms in total. The number of carbonyl (C=O) groups excluding carboxylic acids is 1. The van der Waals surface area contributed by atoms with Gasteiger partial charge in [0, 0.05) is 10.9 Å². The van der Waals surface area contributed by atoms with Crippen LogP contribution in [0.15, 0.2) is 64.4 Å². The number of rotatable bonds is 4. The first-order valence-electron chi connectivity index (χ1n) is 7.22. The monoisotopic (exact) mass is 374 g/mol. The first-order chi connectivity index (χ1) is 11.8. The Balaban J connectivity index is 2.55. The van der Waals surface area contributed by atoms with E-state index in [4.69, 9.17) is 0 Å². The molecule has 2 atom stereocenters. The molecule has 3 aromatic rings. The molecule has 0 spiro atoms. The number of ketones is 1. The zero-order chi connectivity index (χ0) is 18.3. The second-order valence-corrected chi connectivity index (χ2v) is 7.42. The SMILES string of the molecule is C=C(C)C(=O)c1cc2cc3ccccc3cc2c(S(=O)O)c1S(=O)O. The van der Waals surface area contributed by atoms with Crippen molar-refractivity contribution in [1.29, 1.82) is 0 Å². The van der Waals surface area contributed by atoms with E-state index in [1.165, 1.54) is 13.0 Å². The van der Waals surface area contributed by atoms with Gasteiger partial charge >= 0.3 is 0 Å². The summed E-state index contributed by atoms with van der Waals surface area (Å²) in [6.45, 7) is 5.05. The zero-order valence-corrected chi connectivity index (χ0v) is 14.8. The molecule has 0 fully saturated rings. The Labute approximate surface area is 148 Å². The van der Waals surface area contributed by atoms with Crippen molar-refractivity contribution in [2.75, 3.05) is 0 Å². The lowest BCUT2D eigenvalue weighted by Crippen LogP contribution is -2.10. The van der Waals surface area contributed by atoms with Crippen molar-refractivity contribution in [3.05, 3.63) is 60.2 Å². The molecule has 0 amide bonds. The van der Waals surface area contributed by atoms with Gasteiger partial charge in [0.25, 0.3) is 0 Å². The first-order valence-corrected chi connectivity index (χ1v) is 9.44. The summed E-state index contributed by atoms with van der Waals surface area (Å²) in [5.41, 5.74) is 0.0787. The summed E-state index contributed by atoms with van der Waals surface area (Å²) in [6, 6.07) is 12.3. The first kappa shape index (κ1) is 17.6. The highest BCUT2D eigenvalue weighted by molar-refractivity contribution is 7.82. The van der Waals surface area contributed by atoms with Gasteiger partial charge in [0.2, 0.25) is 0 Å². The van der Waals surface area contributed by atoms with Crippen molar-refractivity contribution < 1.29 is 22.3 Å². The zero-order valence-electron chi connectivity index (χ0n) is 13.2. The Morgan fingerprint density at radius 3 is 2.00 bits per heavy atom. The average Bonchev–Trinajstić information content (AvgIpc) is 2.57. The van der Waals surface area contributed by atoms with Gasteiger partial charge in [0.15, 0.2) is 27.9 Å². The van der Waals surface area contributed by atoms with E-state index in [-0.39, 0.29) is 20.9 Å². The number of carbonyl (C=O) groups is 1. The van der Waals surface area contributed by atoms with Gasteiger partial charge in [-0.05, 0) is 46.9 Å². The Hall–Kier alpha value is -2.19. The fraction of sp³-hybridized carbons (Fsp3) is 0.0556. The van der Waals surface area contributed by atoms with Crippen LogP contribution in [0.3, 0.4) is 0 Å². The number of benzene rings is 3. The molecule has 128 valence electrons. The Bertz CT molecular complexity index is 1100. The van der Waals surface area contributed by atoms with Crippen LogP contribution in [0.2, 0.25) is 0 Å². The number of Topliss-reactive ketones (excluding diaryl/α,β-unsaturated/α-hetero) is 1. The highest BCUT2D eigenvalue weighted by atomic mass is 32.2. The van der Waals surface area contributed by atoms with E-state index < -0.39 is 27.9 Å². The van der Waals surface area contributed by atoms with Gasteiger partial charge in [-0.1, -0.05) is 30.8 Å². The minimum atomic E-state index is -2.61. The molecular weight excluding hydrogens is 360 g/mol. The molecule has 7 heteroatoms. The number of hydrogen-bond donors (Lipinski definition) is 2. The fourth-order valence-corrected chi connectivity index (χ4v) is 4.45. The van der Waals surface area contributed by atoms with Gasteiger partial charge < -0.3 is 9.11 Å². The van der Waals surface area contributed by atoms with E-state index in [1.807, 2.05) is 24.3 Å². The van der Waals surface area contributed by atoms with Crippen LogP contribution < -0.4 is 0 Å². The van der Waals surface area contributed by atoms with Crippen LogP contribution in [0.4, 0.5) is 0 Å². The molecule has 0 heterocycles. The molecule has 0 aliphatic carbocycles. The largest absolute Gasteiger partial charge is 0.302 e. The van der Waals surface area contributed by atoms with Crippen LogP contribution in [0.1, 0.15) is 17.3 Å². The van der Waals surface area contributed by atoms with Gasteiger partial charge in [-0.25, -0.2) is 8.42 Å². The van der Waals surface area contributed by atoms with Crippen LogP contribution >= 0.6 is 0 Å². The quantitative estimate of drug-likeness (QED) is 0.313. The summed E-state index contributed by atoms with van der Waals surface area (Å²) in [5, 5.41) is 2.59. The third-order valence-corrected chi connectivity index (χ3v) is 5.57. The standard InChI is InChI=1S/C18H14O5S2/c1-10(2)16(19)15-9-13-7-11-5-3-4-6-12(11)8-14(13)17(24(20)21)18(15)25(22)23/h3-9H,1H2,2H3,(H,20,21)(H,22,23). The highest BCUT2D eigenvalue weighted by Crippen LogP contribution is 2.34. The fourth-order valence-electron chi connectivity index (χ4n) is 2.78. The second kappa shape index (κ2) is 6.61. The Morgan fingerprint density at radius 1 is 0.920 bits per heavy atom. The van der Waals surface area contributed by atoms with Crippen molar-refractivity contribution in [1.82, 2.24) is 0 Å². The predicted molar refractivity (Wildman–Crippen MR) is 98.7 cm³/mol. The molecular formula is C18H14O5S2. The van der Waals surface area contributed by atoms with Crippen LogP contribution in [-0.4, -0.2) is 23.3 Å². The van der Waals surface area contributed by atoms with E-state index in [0.717, 1.165) is 10.8 Å². The molecule has 0 radical (unpaired) electrons. The van der Waals surface area contributed by atoms with Gasteiger partial charge in [-0.2, -0.15) is 0 Å². The van der Waals surface area contributed by atoms with Crippen LogP contribution in [0.5, 0.6) is 0 Å². The van der Waals surface area contributed by atoms with Crippen LogP contribution in [-0.2, 0) is 22.2 Å². The lowest BCUT2D eigenvalue weighted by molar-refractivity contribution is 0.103. The maximum atomic E-state index is 12.4. The summed E-state index contributed by atoms with van der Waals surface area (Å²) in [6.07, 6.45) is 0. The molecule has 2 unspecified atom stereocenters. The van der Waals surface area contributed by atoms with Gasteiger partial charge in [-0.3, -0.25) is 4.79 Å². The van der Waals surface area contributed by atoms with E-state index in [0.29, 0.717) is 10.8 Å². The van der Waals surface area contributed by atoms with Crippen LogP contribution in [0, 0.1) is 0 Å². The van der Waals surface area contributed by atoms with Crippen molar-refractivity contribution in [3.63, 3.8) is 0 Å². The van der Waals surface area contributed by atoms with E-state index in [1.54, 1.807) is 12.1 Å². The maximum absolute atomic E-state index is 12.4. The van der Waals surface area contributed by atoms with Gasteiger partial charge in [0.05, 0.1) is 9.79 Å². The molecule has 0 aliphatic rings. The Morgan fingerprint density at radius 2 is 1.48 bits per heavy atom. The normalized spacial score (nSPS) is 13.7. The minimum absolute atomic E-state index is 0.0893. The van der Waals surface area contributed by atoms with Crippen molar-refractivity contribution in [2.24, 2.45) is 0 Å². The smallest absolute Gasteiger partial charge is 0.189 e. The molecule has 0 aliphatic heterocycles. The van der Waals surface area contributed by atoms with Crippen molar-refractivity contribution >= 4 is 49.5 Å². The summed E-state index contributed by atoms with van der Waals surface area (Å²) in [4.78, 5) is 11.8. The molecule has 0 bridgehead atoms. The van der Waals surface area contributed by atoms with E-state index >= 15 is 0 Å². The summed E-state index contributed by atoms with van der Waals surface area (Å²) < 4.78 is 43.3. The average molecular weight is 374 g/mol. The highest BCUT2D eigenvalue weighted by Gasteiger charge is 2.25. The topological polar surface area (TPSA) is 91.7 Å². The summed E-state index contributed by atoms with van der Waals surface area (Å²) in [5.74, 6) is -0.542. The van der Waals surface area contributed by atoms with Gasteiger partial charge in [-0.15, -0.1) is 0 Å². The van der Waals surface area contributed by atoms with Crippen LogP contribution in [0.25, 0.3) is 21.5 Å². The molecule has 3 aromatic carbocycles. The maximum Gasteiger partial charge on any atom is 0.189 e. The lowest BCUT2D eigenvalue weighted by Gasteiger charge is -2.14. The van der Waals surface area contributed by atoms with Crippen molar-refractivity contribution in [3.8, 4) is 0 Å². The molecule has 0 aromatic heterocycles. The molecule has 25 heavy (non-hydrogen) atoms. The second-order valence-electron chi connectivity index (χ2n) is 5.61. The third kappa shape index (κ3) is 3.07. The lowest BCUT2D eigenvalue weighted by atomic mass is 9.98. The number of allylic oxidation sites excluding steroid dienone is 1. The van der Waals surface area contributed by atoms with E-state index in [9.17, 15) is 22.3 Å². The predicted octanol–water partition coefficient (Wildman–Crippen LogP) is 3.91. The van der Waals surface area contributed by atoms with E-state index in [2.05, 4.69) is 6.58 Å². The molecule has 0 saturated heterocycles. The third-order valence-electron chi connectivity index (χ3n) is 3.89. The molecule has 0 saturated carbocycles. The molecule has 2 N–H and O–H groups in total.